The normalized spacial score (nSPS) is 22.6. The molecule has 0 aliphatic heterocycles. The maximum Gasteiger partial charge on any atom is 0.141 e. The van der Waals surface area contributed by atoms with Crippen LogP contribution in [0.4, 0.5) is 4.39 Å². The molecule has 1 unspecified atom stereocenters. The van der Waals surface area contributed by atoms with E-state index in [-0.39, 0.29) is 5.82 Å². The summed E-state index contributed by atoms with van der Waals surface area (Å²) in [5, 5.41) is 0. The van der Waals surface area contributed by atoms with Gasteiger partial charge in [0.1, 0.15) is 5.82 Å². The van der Waals surface area contributed by atoms with Crippen molar-refractivity contribution >= 4 is 0 Å². The monoisotopic (exact) mass is 242 g/mol. The van der Waals surface area contributed by atoms with Gasteiger partial charge < -0.3 is 5.73 Å². The van der Waals surface area contributed by atoms with Crippen molar-refractivity contribution in [3.8, 4) is 0 Å². The number of fused-ring (bicyclic) bond motifs is 1. The Morgan fingerprint density at radius 1 is 1.22 bits per heavy atom. The number of hydrogen-bond donors (Lipinski definition) is 1. The minimum atomic E-state index is -0.607. The van der Waals surface area contributed by atoms with Crippen molar-refractivity contribution in [2.45, 2.75) is 24.8 Å². The maximum absolute atomic E-state index is 13.4. The highest BCUT2D eigenvalue weighted by molar-refractivity contribution is 5.43. The highest BCUT2D eigenvalue weighted by Crippen LogP contribution is 2.38. The molecule has 3 heteroatoms. The van der Waals surface area contributed by atoms with E-state index >= 15 is 0 Å². The third-order valence-corrected chi connectivity index (χ3v) is 3.74. The summed E-state index contributed by atoms with van der Waals surface area (Å²) in [5.41, 5.74) is 9.07. The minimum Gasteiger partial charge on any atom is -0.318 e. The van der Waals surface area contributed by atoms with Crippen LogP contribution < -0.4 is 5.73 Å². The summed E-state index contributed by atoms with van der Waals surface area (Å²) >= 11 is 0. The Labute approximate surface area is 106 Å². The first-order valence-corrected chi connectivity index (χ1v) is 6.18. The molecule has 2 aromatic rings. The Morgan fingerprint density at radius 2 is 2.06 bits per heavy atom. The molecule has 2 nitrogen and oxygen atoms in total. The number of nitrogens with zero attached hydrogens (tertiary/aromatic N) is 1. The van der Waals surface area contributed by atoms with Crippen molar-refractivity contribution < 1.29 is 4.39 Å². The van der Waals surface area contributed by atoms with Crippen LogP contribution in [0.1, 0.15) is 29.5 Å². The fourth-order valence-corrected chi connectivity index (χ4v) is 2.82. The molecule has 92 valence electrons. The molecule has 0 amide bonds. The number of nitrogens with two attached hydrogens (primary N) is 1. The van der Waals surface area contributed by atoms with Gasteiger partial charge in [-0.05, 0) is 42.0 Å². The summed E-state index contributed by atoms with van der Waals surface area (Å²) in [6.45, 7) is 0. The average molecular weight is 242 g/mol. The molecule has 3 rings (SSSR count). The molecule has 1 heterocycles. The second-order valence-electron chi connectivity index (χ2n) is 4.87. The molecule has 2 N–H and O–H groups in total. The Balaban J connectivity index is 2.16. The van der Waals surface area contributed by atoms with Crippen LogP contribution in [0.2, 0.25) is 0 Å². The van der Waals surface area contributed by atoms with Crippen LogP contribution in [-0.4, -0.2) is 4.98 Å². The third kappa shape index (κ3) is 1.71. The molecule has 0 bridgehead atoms. The van der Waals surface area contributed by atoms with E-state index < -0.39 is 5.54 Å². The number of pyridine rings is 1. The van der Waals surface area contributed by atoms with Gasteiger partial charge in [-0.15, -0.1) is 0 Å². The van der Waals surface area contributed by atoms with Gasteiger partial charge in [0, 0.05) is 6.20 Å². The standard InChI is InChI=1S/C15H15FN2/c16-13-8-12(9-18-10-13)15(17)7-3-5-11-4-1-2-6-14(11)15/h1-2,4,6,8-10H,3,5,7,17H2. The summed E-state index contributed by atoms with van der Waals surface area (Å²) in [5.74, 6) is -0.333. The van der Waals surface area contributed by atoms with Crippen LogP contribution in [0.15, 0.2) is 42.7 Å². The summed E-state index contributed by atoms with van der Waals surface area (Å²) < 4.78 is 13.4. The Bertz CT molecular complexity index is 582. The van der Waals surface area contributed by atoms with Gasteiger partial charge in [-0.1, -0.05) is 24.3 Å². The van der Waals surface area contributed by atoms with Gasteiger partial charge in [-0.3, -0.25) is 4.98 Å². The second-order valence-corrected chi connectivity index (χ2v) is 4.87. The molecule has 0 fully saturated rings. The first kappa shape index (κ1) is 11.4. The minimum absolute atomic E-state index is 0.333. The van der Waals surface area contributed by atoms with E-state index in [1.807, 2.05) is 18.2 Å². The van der Waals surface area contributed by atoms with E-state index in [9.17, 15) is 4.39 Å². The van der Waals surface area contributed by atoms with E-state index in [0.717, 1.165) is 30.4 Å². The Kier molecular flexibility index (Phi) is 2.63. The largest absolute Gasteiger partial charge is 0.318 e. The first-order valence-electron chi connectivity index (χ1n) is 6.18. The van der Waals surface area contributed by atoms with Crippen LogP contribution in [0.25, 0.3) is 0 Å². The van der Waals surface area contributed by atoms with Crippen LogP contribution >= 0.6 is 0 Å². The van der Waals surface area contributed by atoms with Gasteiger partial charge in [0.05, 0.1) is 11.7 Å². The van der Waals surface area contributed by atoms with Gasteiger partial charge in [0.15, 0.2) is 0 Å². The molecule has 1 aromatic heterocycles. The van der Waals surface area contributed by atoms with Crippen molar-refractivity contribution in [2.75, 3.05) is 0 Å². The van der Waals surface area contributed by atoms with Gasteiger partial charge in [-0.2, -0.15) is 0 Å². The van der Waals surface area contributed by atoms with Gasteiger partial charge in [0.25, 0.3) is 0 Å². The maximum atomic E-state index is 13.4. The highest BCUT2D eigenvalue weighted by Gasteiger charge is 2.34. The van der Waals surface area contributed by atoms with Crippen molar-refractivity contribution in [1.82, 2.24) is 4.98 Å². The fraction of sp³-hybridized carbons (Fsp3) is 0.267. The third-order valence-electron chi connectivity index (χ3n) is 3.74. The highest BCUT2D eigenvalue weighted by atomic mass is 19.1. The molecule has 1 aliphatic carbocycles. The molecular weight excluding hydrogens is 227 g/mol. The number of aryl methyl sites for hydroxylation is 1. The molecule has 18 heavy (non-hydrogen) atoms. The van der Waals surface area contributed by atoms with Crippen LogP contribution in [0, 0.1) is 5.82 Å². The zero-order chi connectivity index (χ0) is 12.6. The summed E-state index contributed by atoms with van der Waals surface area (Å²) in [6.07, 6.45) is 5.77. The zero-order valence-electron chi connectivity index (χ0n) is 10.1. The van der Waals surface area contributed by atoms with Crippen LogP contribution in [0.5, 0.6) is 0 Å². The number of rotatable bonds is 1. The van der Waals surface area contributed by atoms with Crippen molar-refractivity contribution in [1.29, 1.82) is 0 Å². The molecule has 1 aromatic carbocycles. The quantitative estimate of drug-likeness (QED) is 0.835. The van der Waals surface area contributed by atoms with E-state index in [1.165, 1.54) is 17.8 Å². The van der Waals surface area contributed by atoms with E-state index in [4.69, 9.17) is 5.73 Å². The molecule has 0 saturated heterocycles. The molecular formula is C15H15FN2. The lowest BCUT2D eigenvalue weighted by molar-refractivity contribution is 0.438. The molecule has 1 aliphatic rings. The van der Waals surface area contributed by atoms with Gasteiger partial charge >= 0.3 is 0 Å². The molecule has 0 radical (unpaired) electrons. The second kappa shape index (κ2) is 4.18. The number of halogens is 1. The number of hydrogen-bond acceptors (Lipinski definition) is 2. The Hall–Kier alpha value is -1.74. The predicted octanol–water partition coefficient (Wildman–Crippen LogP) is 2.76. The molecule has 1 atom stereocenters. The molecule has 0 spiro atoms. The van der Waals surface area contributed by atoms with E-state index in [1.54, 1.807) is 6.20 Å². The van der Waals surface area contributed by atoms with Crippen molar-refractivity contribution in [2.24, 2.45) is 5.73 Å². The first-order chi connectivity index (χ1) is 8.70. The summed E-state index contributed by atoms with van der Waals surface area (Å²) in [6, 6.07) is 9.64. The van der Waals surface area contributed by atoms with Gasteiger partial charge in [0.2, 0.25) is 0 Å². The predicted molar refractivity (Wildman–Crippen MR) is 68.5 cm³/mol. The SMILES string of the molecule is NC1(c2cncc(F)c2)CCCc2ccccc21. The van der Waals surface area contributed by atoms with Crippen LogP contribution in [0.3, 0.4) is 0 Å². The number of aromatic nitrogens is 1. The van der Waals surface area contributed by atoms with E-state index in [2.05, 4.69) is 11.1 Å². The van der Waals surface area contributed by atoms with Crippen molar-refractivity contribution in [3.05, 3.63) is 65.2 Å². The lowest BCUT2D eigenvalue weighted by Gasteiger charge is -2.36. The van der Waals surface area contributed by atoms with Crippen molar-refractivity contribution in [3.63, 3.8) is 0 Å². The molecule has 0 saturated carbocycles. The van der Waals surface area contributed by atoms with Gasteiger partial charge in [-0.25, -0.2) is 4.39 Å². The van der Waals surface area contributed by atoms with Crippen LogP contribution in [-0.2, 0) is 12.0 Å². The number of benzene rings is 1. The van der Waals surface area contributed by atoms with E-state index in [0.29, 0.717) is 0 Å². The summed E-state index contributed by atoms with van der Waals surface area (Å²) in [7, 11) is 0. The fourth-order valence-electron chi connectivity index (χ4n) is 2.82. The lowest BCUT2D eigenvalue weighted by atomic mass is 9.73. The lowest BCUT2D eigenvalue weighted by Crippen LogP contribution is -2.41. The smallest absolute Gasteiger partial charge is 0.141 e. The Morgan fingerprint density at radius 3 is 2.89 bits per heavy atom. The average Bonchev–Trinajstić information content (AvgIpc) is 2.39. The zero-order valence-corrected chi connectivity index (χ0v) is 10.1. The topological polar surface area (TPSA) is 38.9 Å². The summed E-state index contributed by atoms with van der Waals surface area (Å²) in [4.78, 5) is 3.92.